The van der Waals surface area contributed by atoms with E-state index in [2.05, 4.69) is 15.3 Å². The number of benzene rings is 1. The Morgan fingerprint density at radius 2 is 1.77 bits per heavy atom. The Morgan fingerprint density at radius 3 is 2.42 bits per heavy atom. The smallest absolute Gasteiger partial charge is 0.359 e. The first-order chi connectivity index (χ1) is 12.5. The fourth-order valence-corrected chi connectivity index (χ4v) is 2.03. The first-order valence-corrected chi connectivity index (χ1v) is 8.18. The maximum Gasteiger partial charge on any atom is 0.359 e. The maximum atomic E-state index is 12.0. The summed E-state index contributed by atoms with van der Waals surface area (Å²) in [7, 11) is 0. The number of aromatic nitrogens is 2. The van der Waals surface area contributed by atoms with E-state index in [1.54, 1.807) is 25.1 Å². The highest BCUT2D eigenvalue weighted by atomic mass is 16.5. The molecule has 0 radical (unpaired) electrons. The average molecular weight is 359 g/mol. The van der Waals surface area contributed by atoms with Gasteiger partial charge in [0.15, 0.2) is 23.8 Å². The molecule has 0 unspecified atom stereocenters. The number of nitrogens with zero attached hydrogens (tertiary/aromatic N) is 2. The van der Waals surface area contributed by atoms with E-state index in [9.17, 15) is 9.59 Å². The van der Waals surface area contributed by atoms with E-state index in [-0.39, 0.29) is 5.69 Å². The van der Waals surface area contributed by atoms with Crippen LogP contribution < -0.4 is 14.8 Å². The van der Waals surface area contributed by atoms with Crippen LogP contribution >= 0.6 is 0 Å². The summed E-state index contributed by atoms with van der Waals surface area (Å²) in [6, 6.07) is 5.04. The minimum absolute atomic E-state index is 0.0445. The monoisotopic (exact) mass is 359 g/mol. The molecule has 1 amide bonds. The lowest BCUT2D eigenvalue weighted by molar-refractivity contribution is -0.119. The molecule has 8 heteroatoms. The molecule has 0 bridgehead atoms. The van der Waals surface area contributed by atoms with Crippen LogP contribution in [-0.2, 0) is 9.53 Å². The van der Waals surface area contributed by atoms with Crippen LogP contribution in [0.25, 0.3) is 0 Å². The molecule has 0 aliphatic carbocycles. The molecule has 1 N–H and O–H groups in total. The third kappa shape index (κ3) is 5.44. The predicted octanol–water partition coefficient (Wildman–Crippen LogP) is 2.38. The number of ether oxygens (including phenoxy) is 3. The maximum absolute atomic E-state index is 12.0. The van der Waals surface area contributed by atoms with Gasteiger partial charge < -0.3 is 19.5 Å². The van der Waals surface area contributed by atoms with Gasteiger partial charge in [0.1, 0.15) is 0 Å². The summed E-state index contributed by atoms with van der Waals surface area (Å²) in [6.45, 7) is 6.01. The fraction of sp³-hybridized carbons (Fsp3) is 0.333. The van der Waals surface area contributed by atoms with Gasteiger partial charge in [-0.05, 0) is 32.9 Å². The van der Waals surface area contributed by atoms with Gasteiger partial charge in [-0.15, -0.1) is 0 Å². The van der Waals surface area contributed by atoms with Gasteiger partial charge in [0, 0.05) is 18.0 Å². The normalized spacial score (nSPS) is 10.1. The minimum atomic E-state index is -0.714. The van der Waals surface area contributed by atoms with Crippen molar-refractivity contribution in [3.63, 3.8) is 0 Å². The molecular weight excluding hydrogens is 338 g/mol. The quantitative estimate of drug-likeness (QED) is 0.722. The highest BCUT2D eigenvalue weighted by Crippen LogP contribution is 2.30. The minimum Gasteiger partial charge on any atom is -0.490 e. The van der Waals surface area contributed by atoms with Crippen molar-refractivity contribution in [3.8, 4) is 11.5 Å². The number of aryl methyl sites for hydroxylation is 1. The number of carbonyl (C=O) groups is 2. The SMILES string of the molecule is CCOc1ccc(NC(=O)COC(=O)c2cnc(C)cn2)cc1OCC. The van der Waals surface area contributed by atoms with E-state index in [1.165, 1.54) is 12.4 Å². The summed E-state index contributed by atoms with van der Waals surface area (Å²) in [6.07, 6.45) is 2.75. The van der Waals surface area contributed by atoms with Crippen LogP contribution in [0.1, 0.15) is 30.0 Å². The van der Waals surface area contributed by atoms with Crippen molar-refractivity contribution in [1.29, 1.82) is 0 Å². The zero-order valence-electron chi connectivity index (χ0n) is 14.9. The summed E-state index contributed by atoms with van der Waals surface area (Å²) < 4.78 is 15.9. The van der Waals surface area contributed by atoms with Crippen LogP contribution in [0.15, 0.2) is 30.6 Å². The third-order valence-electron chi connectivity index (χ3n) is 3.15. The van der Waals surface area contributed by atoms with Crippen LogP contribution in [0.3, 0.4) is 0 Å². The van der Waals surface area contributed by atoms with E-state index in [0.29, 0.717) is 36.1 Å². The van der Waals surface area contributed by atoms with Crippen LogP contribution in [0.5, 0.6) is 11.5 Å². The second-order valence-corrected chi connectivity index (χ2v) is 5.19. The van der Waals surface area contributed by atoms with Crippen molar-refractivity contribution in [2.75, 3.05) is 25.1 Å². The molecule has 0 aliphatic heterocycles. The number of nitrogens with one attached hydrogen (secondary N) is 1. The Labute approximate surface area is 151 Å². The topological polar surface area (TPSA) is 99.6 Å². The van der Waals surface area contributed by atoms with Gasteiger partial charge in [0.05, 0.1) is 25.1 Å². The van der Waals surface area contributed by atoms with Crippen molar-refractivity contribution in [1.82, 2.24) is 9.97 Å². The van der Waals surface area contributed by atoms with E-state index >= 15 is 0 Å². The summed E-state index contributed by atoms with van der Waals surface area (Å²) in [5.41, 5.74) is 1.23. The van der Waals surface area contributed by atoms with Crippen LogP contribution in [-0.4, -0.2) is 41.7 Å². The Hall–Kier alpha value is -3.16. The molecule has 1 aromatic carbocycles. The fourth-order valence-electron chi connectivity index (χ4n) is 2.03. The van der Waals surface area contributed by atoms with Crippen LogP contribution in [0, 0.1) is 6.92 Å². The van der Waals surface area contributed by atoms with E-state index in [0.717, 1.165) is 0 Å². The van der Waals surface area contributed by atoms with Crippen molar-refractivity contribution in [3.05, 3.63) is 42.0 Å². The van der Waals surface area contributed by atoms with Gasteiger partial charge in [-0.3, -0.25) is 9.78 Å². The lowest BCUT2D eigenvalue weighted by atomic mass is 10.2. The number of hydrogen-bond acceptors (Lipinski definition) is 7. The van der Waals surface area contributed by atoms with Crippen molar-refractivity contribution >= 4 is 17.6 Å². The Morgan fingerprint density at radius 1 is 1.04 bits per heavy atom. The molecule has 0 atom stereocenters. The van der Waals surface area contributed by atoms with Gasteiger partial charge in [-0.2, -0.15) is 0 Å². The number of esters is 1. The first-order valence-electron chi connectivity index (χ1n) is 8.18. The highest BCUT2D eigenvalue weighted by Gasteiger charge is 2.13. The summed E-state index contributed by atoms with van der Waals surface area (Å²) in [5, 5.41) is 2.64. The molecule has 1 aromatic heterocycles. The lowest BCUT2D eigenvalue weighted by Gasteiger charge is -2.13. The second-order valence-electron chi connectivity index (χ2n) is 5.19. The number of hydrogen-bond donors (Lipinski definition) is 1. The molecule has 0 spiro atoms. The Balaban J connectivity index is 1.93. The number of amides is 1. The molecule has 0 saturated heterocycles. The molecule has 26 heavy (non-hydrogen) atoms. The molecule has 8 nitrogen and oxygen atoms in total. The molecule has 0 aliphatic rings. The van der Waals surface area contributed by atoms with Gasteiger partial charge in [-0.1, -0.05) is 0 Å². The molecule has 1 heterocycles. The van der Waals surface area contributed by atoms with Gasteiger partial charge in [0.25, 0.3) is 5.91 Å². The van der Waals surface area contributed by atoms with E-state index in [4.69, 9.17) is 14.2 Å². The van der Waals surface area contributed by atoms with Crippen molar-refractivity contribution in [2.45, 2.75) is 20.8 Å². The zero-order valence-corrected chi connectivity index (χ0v) is 14.9. The van der Waals surface area contributed by atoms with Crippen LogP contribution in [0.4, 0.5) is 5.69 Å². The molecule has 138 valence electrons. The van der Waals surface area contributed by atoms with E-state index < -0.39 is 18.5 Å². The van der Waals surface area contributed by atoms with Gasteiger partial charge >= 0.3 is 5.97 Å². The number of rotatable bonds is 8. The molecule has 2 rings (SSSR count). The first kappa shape index (κ1) is 19.2. The Bertz CT molecular complexity index is 762. The molecular formula is C18H21N3O5. The number of anilines is 1. The highest BCUT2D eigenvalue weighted by molar-refractivity contribution is 5.94. The summed E-state index contributed by atoms with van der Waals surface area (Å²) in [4.78, 5) is 31.7. The van der Waals surface area contributed by atoms with Crippen LogP contribution in [0.2, 0.25) is 0 Å². The zero-order chi connectivity index (χ0) is 18.9. The Kier molecular flexibility index (Phi) is 6.90. The summed E-state index contributed by atoms with van der Waals surface area (Å²) in [5.74, 6) is -0.0739. The summed E-state index contributed by atoms with van der Waals surface area (Å²) >= 11 is 0. The van der Waals surface area contributed by atoms with Gasteiger partial charge in [-0.25, -0.2) is 9.78 Å². The third-order valence-corrected chi connectivity index (χ3v) is 3.15. The number of carbonyl (C=O) groups excluding carboxylic acids is 2. The molecule has 0 saturated carbocycles. The standard InChI is InChI=1S/C18H21N3O5/c1-4-24-15-7-6-13(8-16(15)25-5-2)21-17(22)11-26-18(23)14-10-19-12(3)9-20-14/h6-10H,4-5,11H2,1-3H3,(H,21,22). The largest absolute Gasteiger partial charge is 0.490 e. The molecule has 0 fully saturated rings. The van der Waals surface area contributed by atoms with Crippen molar-refractivity contribution in [2.24, 2.45) is 0 Å². The van der Waals surface area contributed by atoms with E-state index in [1.807, 2.05) is 13.8 Å². The second kappa shape index (κ2) is 9.36. The van der Waals surface area contributed by atoms with Gasteiger partial charge in [0.2, 0.25) is 0 Å². The predicted molar refractivity (Wildman–Crippen MR) is 94.5 cm³/mol. The average Bonchev–Trinajstić information content (AvgIpc) is 2.63. The van der Waals surface area contributed by atoms with Crippen molar-refractivity contribution < 1.29 is 23.8 Å². The molecule has 2 aromatic rings. The lowest BCUT2D eigenvalue weighted by Crippen LogP contribution is -2.21.